The van der Waals surface area contributed by atoms with Crippen LogP contribution in [-0.4, -0.2) is 82.2 Å². The van der Waals surface area contributed by atoms with Gasteiger partial charge in [0.1, 0.15) is 12.2 Å². The summed E-state index contributed by atoms with van der Waals surface area (Å²) >= 11 is 1.57. The van der Waals surface area contributed by atoms with E-state index < -0.39 is 30.2 Å². The van der Waals surface area contributed by atoms with Crippen molar-refractivity contribution in [3.05, 3.63) is 107 Å². The Bertz CT molecular complexity index is 1370. The van der Waals surface area contributed by atoms with Gasteiger partial charge in [-0.2, -0.15) is 11.8 Å². The second-order valence-corrected chi connectivity index (χ2v) is 12.3. The zero-order valence-corrected chi connectivity index (χ0v) is 27.6. The van der Waals surface area contributed by atoms with E-state index in [4.69, 9.17) is 0 Å². The number of aryl methyl sites for hydroxylation is 1. The molecular weight excluding hydrogens is 586 g/mol. The fourth-order valence-corrected chi connectivity index (χ4v) is 5.83. The highest BCUT2D eigenvalue weighted by atomic mass is 32.2. The highest BCUT2D eigenvalue weighted by molar-refractivity contribution is 7.98. The van der Waals surface area contributed by atoms with E-state index >= 15 is 0 Å². The molecule has 0 saturated carbocycles. The molecule has 0 radical (unpaired) electrons. The number of hydrogen-bond donors (Lipinski definition) is 4. The van der Waals surface area contributed by atoms with E-state index in [9.17, 15) is 24.6 Å². The maximum atomic E-state index is 13.7. The Labute approximate surface area is 271 Å². The number of aliphatic hydroxyl groups is 2. The molecule has 0 fully saturated rings. The van der Waals surface area contributed by atoms with Gasteiger partial charge in [-0.05, 0) is 86.1 Å². The molecule has 45 heavy (non-hydrogen) atoms. The molecule has 3 aromatic rings. The highest BCUT2D eigenvalue weighted by Gasteiger charge is 2.34. The molecule has 0 aliphatic carbocycles. The average Bonchev–Trinajstić information content (AvgIpc) is 3.05. The molecule has 0 saturated heterocycles. The molecule has 0 aliphatic rings. The van der Waals surface area contributed by atoms with E-state index in [2.05, 4.69) is 10.6 Å². The van der Waals surface area contributed by atoms with Crippen LogP contribution in [0.3, 0.4) is 0 Å². The van der Waals surface area contributed by atoms with E-state index in [1.807, 2.05) is 63.4 Å². The maximum Gasteiger partial charge on any atom is 0.253 e. The van der Waals surface area contributed by atoms with Crippen LogP contribution in [0, 0.1) is 6.92 Å². The second-order valence-electron chi connectivity index (χ2n) is 11.4. The van der Waals surface area contributed by atoms with Gasteiger partial charge in [0.15, 0.2) is 0 Å². The van der Waals surface area contributed by atoms with Gasteiger partial charge in [0.25, 0.3) is 17.7 Å². The lowest BCUT2D eigenvalue weighted by Crippen LogP contribution is -2.56. The van der Waals surface area contributed by atoms with Crippen molar-refractivity contribution in [3.8, 4) is 0 Å². The van der Waals surface area contributed by atoms with E-state index in [-0.39, 0.29) is 18.2 Å². The van der Waals surface area contributed by atoms with Crippen molar-refractivity contribution in [2.24, 2.45) is 0 Å². The van der Waals surface area contributed by atoms with Gasteiger partial charge in [0.05, 0.1) is 12.1 Å². The molecule has 3 aromatic carbocycles. The average molecular weight is 634 g/mol. The van der Waals surface area contributed by atoms with Crippen LogP contribution in [0.4, 0.5) is 0 Å². The number of carbonyl (C=O) groups is 3. The summed E-state index contributed by atoms with van der Waals surface area (Å²) < 4.78 is 0. The molecule has 242 valence electrons. The summed E-state index contributed by atoms with van der Waals surface area (Å²) in [7, 11) is 0. The van der Waals surface area contributed by atoms with Crippen LogP contribution in [0.5, 0.6) is 0 Å². The van der Waals surface area contributed by atoms with Crippen LogP contribution >= 0.6 is 11.8 Å². The van der Waals surface area contributed by atoms with E-state index in [0.29, 0.717) is 42.0 Å². The van der Waals surface area contributed by atoms with Gasteiger partial charge in [0.2, 0.25) is 0 Å². The summed E-state index contributed by atoms with van der Waals surface area (Å²) in [6, 6.07) is 21.5. The topological polar surface area (TPSA) is 119 Å². The minimum Gasteiger partial charge on any atom is -0.388 e. The van der Waals surface area contributed by atoms with Gasteiger partial charge >= 0.3 is 0 Å². The van der Waals surface area contributed by atoms with Gasteiger partial charge in [0, 0.05) is 29.8 Å². The van der Waals surface area contributed by atoms with Crippen molar-refractivity contribution in [1.82, 2.24) is 15.5 Å². The minimum absolute atomic E-state index is 0.126. The molecule has 0 heterocycles. The zero-order valence-electron chi connectivity index (χ0n) is 26.7. The molecule has 8 nitrogen and oxygen atoms in total. The van der Waals surface area contributed by atoms with Gasteiger partial charge in [-0.1, -0.05) is 62.4 Å². The van der Waals surface area contributed by atoms with E-state index in [1.54, 1.807) is 59.1 Å². The van der Waals surface area contributed by atoms with E-state index in [0.717, 1.165) is 24.0 Å². The fourth-order valence-electron chi connectivity index (χ4n) is 5.34. The number of aliphatic hydroxyl groups excluding tert-OH is 2. The summed E-state index contributed by atoms with van der Waals surface area (Å²) in [5, 5.41) is 28.9. The van der Waals surface area contributed by atoms with Crippen molar-refractivity contribution in [1.29, 1.82) is 0 Å². The number of hydrogen-bond acceptors (Lipinski definition) is 6. The molecule has 0 unspecified atom stereocenters. The largest absolute Gasteiger partial charge is 0.388 e. The number of carbonyl (C=O) groups excluding carboxylic acids is 3. The van der Waals surface area contributed by atoms with Crippen molar-refractivity contribution < 1.29 is 24.6 Å². The first kappa shape index (κ1) is 35.8. The Hall–Kier alpha value is -3.66. The first-order valence-electron chi connectivity index (χ1n) is 15.6. The summed E-state index contributed by atoms with van der Waals surface area (Å²) in [6.45, 7) is 7.14. The summed E-state index contributed by atoms with van der Waals surface area (Å²) in [4.78, 5) is 41.9. The predicted molar refractivity (Wildman–Crippen MR) is 182 cm³/mol. The van der Waals surface area contributed by atoms with Gasteiger partial charge in [-0.15, -0.1) is 0 Å². The van der Waals surface area contributed by atoms with Crippen molar-refractivity contribution >= 4 is 29.5 Å². The van der Waals surface area contributed by atoms with Crippen molar-refractivity contribution in [3.63, 3.8) is 0 Å². The molecule has 0 bridgehead atoms. The lowest BCUT2D eigenvalue weighted by molar-refractivity contribution is -0.0224. The van der Waals surface area contributed by atoms with Crippen molar-refractivity contribution in [2.45, 2.75) is 70.7 Å². The van der Waals surface area contributed by atoms with Crippen LogP contribution in [-0.2, 0) is 6.42 Å². The Balaban J connectivity index is 1.88. The lowest BCUT2D eigenvalue weighted by atomic mass is 9.92. The van der Waals surface area contributed by atoms with Crippen LogP contribution in [0.15, 0.2) is 78.9 Å². The molecule has 0 aliphatic heterocycles. The minimum atomic E-state index is -1.41. The second kappa shape index (κ2) is 18.3. The third-order valence-corrected chi connectivity index (χ3v) is 8.28. The predicted octanol–water partition coefficient (Wildman–Crippen LogP) is 4.87. The Morgan fingerprint density at radius 1 is 0.756 bits per heavy atom. The zero-order chi connectivity index (χ0) is 32.8. The van der Waals surface area contributed by atoms with Crippen LogP contribution < -0.4 is 10.6 Å². The molecule has 0 spiro atoms. The molecule has 9 heteroatoms. The van der Waals surface area contributed by atoms with Crippen LogP contribution in [0.2, 0.25) is 0 Å². The number of amides is 3. The number of benzene rings is 3. The number of nitrogens with zero attached hydrogens (tertiary/aromatic N) is 1. The molecule has 0 aromatic heterocycles. The number of thioether (sulfide) groups is 1. The van der Waals surface area contributed by atoms with Crippen LogP contribution in [0.1, 0.15) is 75.3 Å². The maximum absolute atomic E-state index is 13.7. The standard InChI is InChI=1S/C36H47N3O5S/c1-5-18-39(19-6-2)36(44)29-22-25(3)21-28(24-29)35(43)38-31(23-26-13-9-7-10-14-26)33(41)32(40)30(17-20-45-4)37-34(42)27-15-11-8-12-16-27/h7-16,21-22,24,30-33,40-41H,5-6,17-20,23H2,1-4H3,(H,37,42)(H,38,43)/t30-,31+,32-,33-/m1/s1. The fraction of sp³-hybridized carbons (Fsp3) is 0.417. The Kier molecular flexibility index (Phi) is 14.6. The van der Waals surface area contributed by atoms with Gasteiger partial charge in [-0.25, -0.2) is 0 Å². The Morgan fingerprint density at radius 2 is 1.29 bits per heavy atom. The molecule has 3 amide bonds. The van der Waals surface area contributed by atoms with Gasteiger partial charge in [-0.3, -0.25) is 14.4 Å². The third kappa shape index (κ3) is 10.7. The molecule has 3 rings (SSSR count). The first-order valence-corrected chi connectivity index (χ1v) is 17.0. The van der Waals surface area contributed by atoms with Crippen LogP contribution in [0.25, 0.3) is 0 Å². The Morgan fingerprint density at radius 3 is 1.89 bits per heavy atom. The third-order valence-electron chi connectivity index (χ3n) is 7.64. The summed E-state index contributed by atoms with van der Waals surface area (Å²) in [5.41, 5.74) is 2.80. The number of rotatable bonds is 17. The molecule has 4 N–H and O–H groups in total. The number of nitrogens with one attached hydrogen (secondary N) is 2. The van der Waals surface area contributed by atoms with Crippen molar-refractivity contribution in [2.75, 3.05) is 25.1 Å². The summed E-state index contributed by atoms with van der Waals surface area (Å²) in [6.07, 6.45) is 1.47. The molecule has 4 atom stereocenters. The summed E-state index contributed by atoms with van der Waals surface area (Å²) in [5.74, 6) is -0.300. The smallest absolute Gasteiger partial charge is 0.253 e. The molecular formula is C36H47N3O5S. The highest BCUT2D eigenvalue weighted by Crippen LogP contribution is 2.18. The first-order chi connectivity index (χ1) is 21.7. The SMILES string of the molecule is CCCN(CCC)C(=O)c1cc(C)cc(C(=O)N[C@@H](Cc2ccccc2)[C@@H](O)[C@H](O)[C@@H](CCSC)NC(=O)c2ccccc2)c1. The van der Waals surface area contributed by atoms with E-state index in [1.165, 1.54) is 0 Å². The quantitative estimate of drug-likeness (QED) is 0.169. The monoisotopic (exact) mass is 633 g/mol. The normalized spacial score (nSPS) is 13.7. The van der Waals surface area contributed by atoms with Gasteiger partial charge < -0.3 is 25.7 Å². The lowest BCUT2D eigenvalue weighted by Gasteiger charge is -2.33.